The number of hydrogen-bond donors (Lipinski definition) is 1. The van der Waals surface area contributed by atoms with Crippen LogP contribution in [0.3, 0.4) is 0 Å². The van der Waals surface area contributed by atoms with Gasteiger partial charge in [-0.3, -0.25) is 4.79 Å². The van der Waals surface area contributed by atoms with Crippen LogP contribution in [0.1, 0.15) is 24.2 Å². The molecular weight excluding hydrogens is 166 g/mol. The molecule has 0 aliphatic carbocycles. The number of benzene rings is 1. The van der Waals surface area contributed by atoms with Crippen LogP contribution in [0, 0.1) is 0 Å². The second-order valence-electron chi connectivity index (χ2n) is 2.29. The molecule has 0 saturated carbocycles. The molecule has 0 radical (unpaired) electrons. The van der Waals surface area contributed by atoms with Gasteiger partial charge in [0.1, 0.15) is 5.75 Å². The third-order valence-electron chi connectivity index (χ3n) is 1.59. The van der Waals surface area contributed by atoms with Gasteiger partial charge in [-0.25, -0.2) is 0 Å². The number of fused-ring (bicyclic) bond motifs is 1. The van der Waals surface area contributed by atoms with E-state index in [-0.39, 0.29) is 12.6 Å². The van der Waals surface area contributed by atoms with E-state index in [1.54, 1.807) is 12.1 Å². The van der Waals surface area contributed by atoms with Gasteiger partial charge in [0.15, 0.2) is 6.73 Å². The summed E-state index contributed by atoms with van der Waals surface area (Å²) >= 11 is 0. The molecule has 0 bridgehead atoms. The summed E-state index contributed by atoms with van der Waals surface area (Å²) in [6.07, 6.45) is 0. The quantitative estimate of drug-likeness (QED) is 0.659. The molecule has 0 aromatic heterocycles. The normalized spacial score (nSPS) is 12.9. The van der Waals surface area contributed by atoms with Crippen molar-refractivity contribution in [2.24, 2.45) is 0 Å². The molecule has 1 heterocycles. The van der Waals surface area contributed by atoms with Crippen molar-refractivity contribution in [1.82, 2.24) is 5.32 Å². The molecule has 1 N–H and O–H groups in total. The van der Waals surface area contributed by atoms with Gasteiger partial charge in [-0.05, 0) is 12.1 Å². The van der Waals surface area contributed by atoms with E-state index in [1.165, 1.54) is 0 Å². The fraction of sp³-hybridized carbons (Fsp3) is 0.300. The van der Waals surface area contributed by atoms with E-state index in [0.717, 1.165) is 0 Å². The Kier molecular flexibility index (Phi) is 3.31. The molecule has 0 fully saturated rings. The van der Waals surface area contributed by atoms with Crippen LogP contribution < -0.4 is 10.1 Å². The number of rotatable bonds is 0. The van der Waals surface area contributed by atoms with Crippen LogP contribution in [0.25, 0.3) is 0 Å². The van der Waals surface area contributed by atoms with Gasteiger partial charge in [0.25, 0.3) is 5.91 Å². The van der Waals surface area contributed by atoms with Crippen molar-refractivity contribution in [1.29, 1.82) is 0 Å². The molecule has 0 atom stereocenters. The minimum atomic E-state index is -0.0631. The Bertz CT molecular complexity index is 297. The van der Waals surface area contributed by atoms with Gasteiger partial charge < -0.3 is 10.1 Å². The third-order valence-corrected chi connectivity index (χ3v) is 1.59. The standard InChI is InChI=1S/C8H7NO2.C2H6/c10-8-6-3-1-2-4-7(6)11-5-9-8;1-2/h1-4H,5H2,(H,9,10);1-2H3. The summed E-state index contributed by atoms with van der Waals surface area (Å²) in [7, 11) is 0. The van der Waals surface area contributed by atoms with Gasteiger partial charge in [-0.15, -0.1) is 0 Å². The van der Waals surface area contributed by atoms with Gasteiger partial charge in [0, 0.05) is 0 Å². The highest BCUT2D eigenvalue weighted by molar-refractivity contribution is 5.97. The molecule has 1 aliphatic heterocycles. The van der Waals surface area contributed by atoms with Crippen LogP contribution in [-0.4, -0.2) is 12.6 Å². The lowest BCUT2D eigenvalue weighted by Crippen LogP contribution is -2.32. The van der Waals surface area contributed by atoms with Crippen LogP contribution in [0.4, 0.5) is 0 Å². The lowest BCUT2D eigenvalue weighted by molar-refractivity contribution is 0.0883. The van der Waals surface area contributed by atoms with Crippen LogP contribution in [0.5, 0.6) is 5.75 Å². The largest absolute Gasteiger partial charge is 0.472 e. The average molecular weight is 179 g/mol. The predicted molar refractivity (Wildman–Crippen MR) is 50.8 cm³/mol. The molecule has 0 spiro atoms. The van der Waals surface area contributed by atoms with Gasteiger partial charge in [0.05, 0.1) is 5.56 Å². The van der Waals surface area contributed by atoms with E-state index in [1.807, 2.05) is 26.0 Å². The van der Waals surface area contributed by atoms with Crippen LogP contribution in [-0.2, 0) is 0 Å². The maximum Gasteiger partial charge on any atom is 0.257 e. The average Bonchev–Trinajstić information content (AvgIpc) is 2.22. The molecule has 1 amide bonds. The van der Waals surface area contributed by atoms with Gasteiger partial charge in [-0.1, -0.05) is 26.0 Å². The Balaban J connectivity index is 0.000000396. The third kappa shape index (κ3) is 1.99. The lowest BCUT2D eigenvalue weighted by atomic mass is 10.2. The Labute approximate surface area is 77.7 Å². The van der Waals surface area contributed by atoms with E-state index < -0.39 is 0 Å². The summed E-state index contributed by atoms with van der Waals surface area (Å²) in [5, 5.41) is 2.58. The highest BCUT2D eigenvalue weighted by Gasteiger charge is 2.15. The lowest BCUT2D eigenvalue weighted by Gasteiger charge is -2.16. The van der Waals surface area contributed by atoms with Crippen LogP contribution >= 0.6 is 0 Å². The first-order valence-corrected chi connectivity index (χ1v) is 4.38. The number of nitrogens with one attached hydrogen (secondary N) is 1. The van der Waals surface area contributed by atoms with Crippen LogP contribution in [0.15, 0.2) is 24.3 Å². The van der Waals surface area contributed by atoms with Crippen molar-refractivity contribution < 1.29 is 9.53 Å². The van der Waals surface area contributed by atoms with E-state index in [9.17, 15) is 4.79 Å². The second-order valence-corrected chi connectivity index (χ2v) is 2.29. The fourth-order valence-electron chi connectivity index (χ4n) is 1.05. The Morgan fingerprint density at radius 2 is 2.00 bits per heavy atom. The minimum Gasteiger partial charge on any atom is -0.472 e. The fourth-order valence-corrected chi connectivity index (χ4v) is 1.05. The van der Waals surface area contributed by atoms with Gasteiger partial charge >= 0.3 is 0 Å². The van der Waals surface area contributed by atoms with Gasteiger partial charge in [0.2, 0.25) is 0 Å². The highest BCUT2D eigenvalue weighted by Crippen LogP contribution is 2.19. The van der Waals surface area contributed by atoms with E-state index in [4.69, 9.17) is 4.74 Å². The Morgan fingerprint density at radius 1 is 1.31 bits per heavy atom. The molecule has 0 unspecified atom stereocenters. The molecule has 70 valence electrons. The van der Waals surface area contributed by atoms with Crippen molar-refractivity contribution in [3.63, 3.8) is 0 Å². The monoisotopic (exact) mass is 179 g/mol. The molecule has 1 aromatic carbocycles. The Hall–Kier alpha value is -1.51. The summed E-state index contributed by atoms with van der Waals surface area (Å²) in [5.41, 5.74) is 0.610. The molecule has 3 nitrogen and oxygen atoms in total. The van der Waals surface area contributed by atoms with Crippen molar-refractivity contribution >= 4 is 5.91 Å². The van der Waals surface area contributed by atoms with Crippen LogP contribution in [0.2, 0.25) is 0 Å². The second kappa shape index (κ2) is 4.50. The smallest absolute Gasteiger partial charge is 0.257 e. The molecule has 2 rings (SSSR count). The topological polar surface area (TPSA) is 38.3 Å². The molecule has 3 heteroatoms. The van der Waals surface area contributed by atoms with E-state index in [2.05, 4.69) is 5.32 Å². The first-order valence-electron chi connectivity index (χ1n) is 4.38. The predicted octanol–water partition coefficient (Wildman–Crippen LogP) is 1.79. The van der Waals surface area contributed by atoms with Crippen molar-refractivity contribution in [3.8, 4) is 5.75 Å². The maximum absolute atomic E-state index is 11.1. The summed E-state index contributed by atoms with van der Waals surface area (Å²) in [5.74, 6) is 0.600. The summed E-state index contributed by atoms with van der Waals surface area (Å²) in [6, 6.07) is 7.18. The molecule has 1 aromatic rings. The zero-order chi connectivity index (χ0) is 9.68. The number of amides is 1. The zero-order valence-corrected chi connectivity index (χ0v) is 7.83. The highest BCUT2D eigenvalue weighted by atomic mass is 16.5. The number of ether oxygens (including phenoxy) is 1. The number of hydrogen-bond acceptors (Lipinski definition) is 2. The van der Waals surface area contributed by atoms with Crippen molar-refractivity contribution in [3.05, 3.63) is 29.8 Å². The molecule has 13 heavy (non-hydrogen) atoms. The Morgan fingerprint density at radius 3 is 2.69 bits per heavy atom. The molecular formula is C10H13NO2. The molecule has 0 saturated heterocycles. The van der Waals surface area contributed by atoms with Crippen molar-refractivity contribution in [2.45, 2.75) is 13.8 Å². The van der Waals surface area contributed by atoms with Gasteiger partial charge in [-0.2, -0.15) is 0 Å². The summed E-state index contributed by atoms with van der Waals surface area (Å²) in [4.78, 5) is 11.1. The van der Waals surface area contributed by atoms with Crippen molar-refractivity contribution in [2.75, 3.05) is 6.73 Å². The number of carbonyl (C=O) groups excluding carboxylic acids is 1. The van der Waals surface area contributed by atoms with E-state index >= 15 is 0 Å². The SMILES string of the molecule is CC.O=C1NCOc2ccccc21. The first kappa shape index (κ1) is 9.58. The number of carbonyl (C=O) groups is 1. The minimum absolute atomic E-state index is 0.0631. The summed E-state index contributed by atoms with van der Waals surface area (Å²) in [6.45, 7) is 4.27. The summed E-state index contributed by atoms with van der Waals surface area (Å²) < 4.78 is 5.16. The first-order chi connectivity index (χ1) is 6.38. The zero-order valence-electron chi connectivity index (χ0n) is 7.83. The molecule has 1 aliphatic rings. The maximum atomic E-state index is 11.1. The van der Waals surface area contributed by atoms with E-state index in [0.29, 0.717) is 11.3 Å². The number of para-hydroxylation sites is 1.